The molecule has 0 radical (unpaired) electrons. The van der Waals surface area contributed by atoms with Crippen LogP contribution in [0.1, 0.15) is 28.1 Å². The predicted molar refractivity (Wildman–Crippen MR) is 121 cm³/mol. The zero-order chi connectivity index (χ0) is 22.5. The molecule has 0 saturated carbocycles. The lowest BCUT2D eigenvalue weighted by atomic mass is 10.0. The molecule has 0 aliphatic carbocycles. The lowest BCUT2D eigenvalue weighted by molar-refractivity contribution is 0.177. The summed E-state index contributed by atoms with van der Waals surface area (Å²) < 4.78 is 6.89. The molecular formula is C23H27N7O2. The van der Waals surface area contributed by atoms with Crippen molar-refractivity contribution in [1.82, 2.24) is 35.1 Å². The molecule has 32 heavy (non-hydrogen) atoms. The zero-order valence-corrected chi connectivity index (χ0v) is 18.6. The van der Waals surface area contributed by atoms with Crippen molar-refractivity contribution in [2.24, 2.45) is 0 Å². The summed E-state index contributed by atoms with van der Waals surface area (Å²) in [6.07, 6.45) is 3.58. The molecule has 0 fully saturated rings. The average Bonchev–Trinajstić information content (AvgIpc) is 3.23. The van der Waals surface area contributed by atoms with Gasteiger partial charge in [0.25, 0.3) is 5.56 Å². The minimum atomic E-state index is -0.0821. The zero-order valence-electron chi connectivity index (χ0n) is 18.6. The molecule has 3 aromatic heterocycles. The Balaban J connectivity index is 1.64. The van der Waals surface area contributed by atoms with E-state index in [4.69, 9.17) is 4.74 Å². The van der Waals surface area contributed by atoms with E-state index in [0.29, 0.717) is 38.3 Å². The largest absolute Gasteiger partial charge is 0.383 e. The molecule has 9 nitrogen and oxygen atoms in total. The number of rotatable bonds is 9. The van der Waals surface area contributed by atoms with Gasteiger partial charge < -0.3 is 9.72 Å². The Bertz CT molecular complexity index is 1250. The highest BCUT2D eigenvalue weighted by molar-refractivity contribution is 5.83. The number of fused-ring (bicyclic) bond motifs is 1. The van der Waals surface area contributed by atoms with Gasteiger partial charge in [-0.2, -0.15) is 0 Å². The number of aromatic amines is 1. The van der Waals surface area contributed by atoms with Crippen molar-refractivity contribution in [2.75, 3.05) is 13.7 Å². The summed E-state index contributed by atoms with van der Waals surface area (Å²) >= 11 is 0. The second kappa shape index (κ2) is 9.80. The SMILES string of the molecule is COCCn1nnnc1CN(Cc1cccnc1)Cc1cc2ccc(C)c(C)c2[nH]c1=O. The van der Waals surface area contributed by atoms with Gasteiger partial charge in [-0.15, -0.1) is 5.10 Å². The standard InChI is InChI=1S/C23H27N7O2/c1-16-6-7-19-11-20(23(31)25-22(19)17(16)2)14-29(13-18-5-4-8-24-12-18)15-21-26-27-28-30(21)9-10-32-3/h4-8,11-12H,9-10,13-15H2,1-3H3,(H,25,31). The highest BCUT2D eigenvalue weighted by atomic mass is 16.5. The fourth-order valence-electron chi connectivity index (χ4n) is 3.73. The van der Waals surface area contributed by atoms with Crippen molar-refractivity contribution in [2.45, 2.75) is 40.0 Å². The molecule has 0 saturated heterocycles. The Kier molecular flexibility index (Phi) is 6.67. The first-order valence-electron chi connectivity index (χ1n) is 10.5. The maximum absolute atomic E-state index is 12.9. The van der Waals surface area contributed by atoms with Crippen molar-refractivity contribution in [3.8, 4) is 0 Å². The summed E-state index contributed by atoms with van der Waals surface area (Å²) in [6, 6.07) is 10.0. The number of benzene rings is 1. The Hall–Kier alpha value is -3.43. The van der Waals surface area contributed by atoms with Gasteiger partial charge in [0.1, 0.15) is 0 Å². The molecule has 0 atom stereocenters. The summed E-state index contributed by atoms with van der Waals surface area (Å²) in [5.41, 5.74) is 4.80. The van der Waals surface area contributed by atoms with Crippen molar-refractivity contribution < 1.29 is 4.74 Å². The van der Waals surface area contributed by atoms with E-state index < -0.39 is 0 Å². The maximum atomic E-state index is 12.9. The molecule has 0 spiro atoms. The van der Waals surface area contributed by atoms with Gasteiger partial charge in [-0.25, -0.2) is 4.68 Å². The van der Waals surface area contributed by atoms with E-state index in [-0.39, 0.29) is 5.56 Å². The molecule has 4 rings (SSSR count). The van der Waals surface area contributed by atoms with Crippen LogP contribution in [-0.4, -0.2) is 48.8 Å². The molecule has 4 aromatic rings. The van der Waals surface area contributed by atoms with E-state index in [1.807, 2.05) is 44.3 Å². The molecule has 1 N–H and O–H groups in total. The number of methoxy groups -OCH3 is 1. The van der Waals surface area contributed by atoms with Crippen LogP contribution in [0, 0.1) is 13.8 Å². The van der Waals surface area contributed by atoms with Gasteiger partial charge in [-0.3, -0.25) is 14.7 Å². The van der Waals surface area contributed by atoms with Crippen LogP contribution in [0.2, 0.25) is 0 Å². The van der Waals surface area contributed by atoms with E-state index >= 15 is 0 Å². The molecule has 1 aromatic carbocycles. The molecule has 166 valence electrons. The normalized spacial score (nSPS) is 11.5. The summed E-state index contributed by atoms with van der Waals surface area (Å²) in [4.78, 5) is 22.4. The van der Waals surface area contributed by atoms with Crippen LogP contribution in [0.3, 0.4) is 0 Å². The lowest BCUT2D eigenvalue weighted by Gasteiger charge is -2.22. The lowest BCUT2D eigenvalue weighted by Crippen LogP contribution is -2.28. The number of nitrogens with one attached hydrogen (secondary N) is 1. The number of tetrazole rings is 1. The number of pyridine rings is 2. The number of nitrogens with zero attached hydrogens (tertiary/aromatic N) is 6. The van der Waals surface area contributed by atoms with Crippen molar-refractivity contribution in [3.63, 3.8) is 0 Å². The van der Waals surface area contributed by atoms with Gasteiger partial charge in [0.2, 0.25) is 0 Å². The number of ether oxygens (including phenoxy) is 1. The monoisotopic (exact) mass is 433 g/mol. The van der Waals surface area contributed by atoms with Crippen molar-refractivity contribution in [1.29, 1.82) is 0 Å². The van der Waals surface area contributed by atoms with Gasteiger partial charge in [-0.1, -0.05) is 18.2 Å². The first-order valence-corrected chi connectivity index (χ1v) is 10.5. The van der Waals surface area contributed by atoms with E-state index in [9.17, 15) is 4.79 Å². The maximum Gasteiger partial charge on any atom is 0.252 e. The van der Waals surface area contributed by atoms with Crippen LogP contribution >= 0.6 is 0 Å². The molecule has 3 heterocycles. The molecule has 0 aliphatic heterocycles. The van der Waals surface area contributed by atoms with Gasteiger partial charge in [0.15, 0.2) is 5.82 Å². The second-order valence-corrected chi connectivity index (χ2v) is 7.91. The third kappa shape index (κ3) is 4.90. The van der Waals surface area contributed by atoms with E-state index in [0.717, 1.165) is 33.4 Å². The first kappa shape index (κ1) is 21.8. The number of hydrogen-bond acceptors (Lipinski definition) is 7. The van der Waals surface area contributed by atoms with Gasteiger partial charge in [-0.05, 0) is 58.5 Å². The Morgan fingerprint density at radius 2 is 2.03 bits per heavy atom. The summed E-state index contributed by atoms with van der Waals surface area (Å²) in [6.45, 7) is 6.69. The number of H-pyrrole nitrogens is 1. The first-order chi connectivity index (χ1) is 15.5. The van der Waals surface area contributed by atoms with Crippen LogP contribution in [0.15, 0.2) is 47.5 Å². The topological polar surface area (TPSA) is 102 Å². The quantitative estimate of drug-likeness (QED) is 0.432. The summed E-state index contributed by atoms with van der Waals surface area (Å²) in [5.74, 6) is 0.717. The number of aromatic nitrogens is 6. The number of hydrogen-bond donors (Lipinski definition) is 1. The average molecular weight is 434 g/mol. The van der Waals surface area contributed by atoms with Crippen LogP contribution in [0.25, 0.3) is 10.9 Å². The van der Waals surface area contributed by atoms with Crippen LogP contribution in [0.4, 0.5) is 0 Å². The molecule has 0 amide bonds. The smallest absolute Gasteiger partial charge is 0.252 e. The molecular weight excluding hydrogens is 406 g/mol. The highest BCUT2D eigenvalue weighted by Gasteiger charge is 2.16. The molecule has 9 heteroatoms. The molecule has 0 bridgehead atoms. The van der Waals surface area contributed by atoms with E-state index in [1.54, 1.807) is 18.0 Å². The van der Waals surface area contributed by atoms with Gasteiger partial charge in [0.05, 0.1) is 25.2 Å². The third-order valence-electron chi connectivity index (χ3n) is 5.63. The third-order valence-corrected chi connectivity index (χ3v) is 5.63. The molecule has 0 aliphatic rings. The predicted octanol–water partition coefficient (Wildman–Crippen LogP) is 2.38. The van der Waals surface area contributed by atoms with Crippen LogP contribution in [-0.2, 0) is 30.9 Å². The van der Waals surface area contributed by atoms with E-state index in [1.165, 1.54) is 0 Å². The van der Waals surface area contributed by atoms with Gasteiger partial charge in [0, 0.05) is 38.2 Å². The fourth-order valence-corrected chi connectivity index (χ4v) is 3.73. The summed E-state index contributed by atoms with van der Waals surface area (Å²) in [7, 11) is 1.65. The van der Waals surface area contributed by atoms with Gasteiger partial charge >= 0.3 is 0 Å². The Labute approximate surface area is 186 Å². The Morgan fingerprint density at radius 1 is 1.16 bits per heavy atom. The minimum Gasteiger partial charge on any atom is -0.383 e. The fraction of sp³-hybridized carbons (Fsp3) is 0.348. The summed E-state index contributed by atoms with van der Waals surface area (Å²) in [5, 5.41) is 13.1. The minimum absolute atomic E-state index is 0.0821. The Morgan fingerprint density at radius 3 is 2.81 bits per heavy atom. The van der Waals surface area contributed by atoms with Crippen LogP contribution in [0.5, 0.6) is 0 Å². The van der Waals surface area contributed by atoms with E-state index in [2.05, 4.69) is 36.5 Å². The molecule has 0 unspecified atom stereocenters. The van der Waals surface area contributed by atoms with Crippen molar-refractivity contribution in [3.05, 3.63) is 81.2 Å². The van der Waals surface area contributed by atoms with Crippen molar-refractivity contribution >= 4 is 10.9 Å². The van der Waals surface area contributed by atoms with Crippen LogP contribution < -0.4 is 5.56 Å². The highest BCUT2D eigenvalue weighted by Crippen LogP contribution is 2.20. The second-order valence-electron chi connectivity index (χ2n) is 7.91. The number of aryl methyl sites for hydroxylation is 2.